The molecule has 2 rings (SSSR count). The monoisotopic (exact) mass is 233 g/mol. The van der Waals surface area contributed by atoms with Crippen molar-refractivity contribution in [3.05, 3.63) is 46.3 Å². The van der Waals surface area contributed by atoms with Crippen molar-refractivity contribution in [3.63, 3.8) is 0 Å². The summed E-state index contributed by atoms with van der Waals surface area (Å²) < 4.78 is 11.1. The average Bonchev–Trinajstić information content (AvgIpc) is 2.39. The standard InChI is InChI=1S/C12H15N3O2/c13-15-14-11-9-16-7-6-12(11)17-8-10-4-2-1-3-5-10/h1-5,11-12H,6-9H2. The van der Waals surface area contributed by atoms with Gasteiger partial charge in [-0.2, -0.15) is 0 Å². The maximum absolute atomic E-state index is 8.47. The van der Waals surface area contributed by atoms with Crippen molar-refractivity contribution in [2.24, 2.45) is 5.11 Å². The number of hydrogen-bond acceptors (Lipinski definition) is 3. The normalized spacial score (nSPS) is 24.0. The van der Waals surface area contributed by atoms with Gasteiger partial charge < -0.3 is 9.47 Å². The van der Waals surface area contributed by atoms with E-state index in [1.54, 1.807) is 0 Å². The Morgan fingerprint density at radius 1 is 1.41 bits per heavy atom. The van der Waals surface area contributed by atoms with E-state index in [0.29, 0.717) is 19.8 Å². The number of ether oxygens (including phenoxy) is 2. The van der Waals surface area contributed by atoms with Gasteiger partial charge >= 0.3 is 0 Å². The highest BCUT2D eigenvalue weighted by Gasteiger charge is 2.25. The quantitative estimate of drug-likeness (QED) is 0.456. The van der Waals surface area contributed by atoms with Gasteiger partial charge in [-0.3, -0.25) is 0 Å². The zero-order chi connectivity index (χ0) is 11.9. The number of rotatable bonds is 4. The second-order valence-corrected chi connectivity index (χ2v) is 3.97. The van der Waals surface area contributed by atoms with E-state index in [4.69, 9.17) is 15.0 Å². The summed E-state index contributed by atoms with van der Waals surface area (Å²) in [5.41, 5.74) is 9.59. The third-order valence-electron chi connectivity index (χ3n) is 2.77. The van der Waals surface area contributed by atoms with E-state index in [0.717, 1.165) is 12.0 Å². The van der Waals surface area contributed by atoms with E-state index < -0.39 is 0 Å². The minimum absolute atomic E-state index is 0.0418. The molecule has 1 heterocycles. The van der Waals surface area contributed by atoms with Gasteiger partial charge in [-0.25, -0.2) is 0 Å². The van der Waals surface area contributed by atoms with Gasteiger partial charge in [0.15, 0.2) is 0 Å². The predicted molar refractivity (Wildman–Crippen MR) is 63.4 cm³/mol. The molecule has 2 unspecified atom stereocenters. The molecule has 1 aliphatic heterocycles. The summed E-state index contributed by atoms with van der Waals surface area (Å²) in [5, 5.41) is 3.71. The van der Waals surface area contributed by atoms with Crippen molar-refractivity contribution in [2.45, 2.75) is 25.2 Å². The molecule has 1 aliphatic rings. The molecule has 1 fully saturated rings. The van der Waals surface area contributed by atoms with Crippen LogP contribution in [0.2, 0.25) is 0 Å². The fourth-order valence-corrected chi connectivity index (χ4v) is 1.85. The fourth-order valence-electron chi connectivity index (χ4n) is 1.85. The van der Waals surface area contributed by atoms with Gasteiger partial charge in [-0.15, -0.1) is 0 Å². The first kappa shape index (κ1) is 11.9. The lowest BCUT2D eigenvalue weighted by atomic mass is 10.1. The van der Waals surface area contributed by atoms with Crippen LogP contribution in [0.4, 0.5) is 0 Å². The molecule has 0 spiro atoms. The summed E-state index contributed by atoms with van der Waals surface area (Å²) in [5.74, 6) is 0. The molecule has 1 aromatic carbocycles. The van der Waals surface area contributed by atoms with Gasteiger partial charge in [0.1, 0.15) is 0 Å². The summed E-state index contributed by atoms with van der Waals surface area (Å²) in [6, 6.07) is 9.75. The van der Waals surface area contributed by atoms with Crippen molar-refractivity contribution in [3.8, 4) is 0 Å². The van der Waals surface area contributed by atoms with E-state index in [9.17, 15) is 0 Å². The summed E-state index contributed by atoms with van der Waals surface area (Å²) in [6.45, 7) is 1.66. The molecular formula is C12H15N3O2. The SMILES string of the molecule is [N-]=[N+]=NC1COCCC1OCc1ccccc1. The molecule has 1 saturated heterocycles. The fraction of sp³-hybridized carbons (Fsp3) is 0.500. The second-order valence-electron chi connectivity index (χ2n) is 3.97. The van der Waals surface area contributed by atoms with E-state index in [1.807, 2.05) is 30.3 Å². The molecule has 0 aromatic heterocycles. The Balaban J connectivity index is 1.90. The van der Waals surface area contributed by atoms with E-state index in [2.05, 4.69) is 10.0 Å². The van der Waals surface area contributed by atoms with Crippen molar-refractivity contribution in [1.29, 1.82) is 0 Å². The molecule has 90 valence electrons. The minimum Gasteiger partial charge on any atom is -0.381 e. The Labute approximate surface area is 100.0 Å². The molecule has 0 amide bonds. The van der Waals surface area contributed by atoms with Gasteiger partial charge in [0.05, 0.1) is 25.4 Å². The molecular weight excluding hydrogens is 218 g/mol. The highest BCUT2D eigenvalue weighted by molar-refractivity contribution is 5.13. The number of hydrogen-bond donors (Lipinski definition) is 0. The van der Waals surface area contributed by atoms with Crippen LogP contribution in [0.15, 0.2) is 35.4 Å². The first-order chi connectivity index (χ1) is 8.40. The Bertz CT molecular complexity index is 390. The molecule has 0 saturated carbocycles. The lowest BCUT2D eigenvalue weighted by molar-refractivity contribution is -0.0528. The van der Waals surface area contributed by atoms with Crippen molar-refractivity contribution < 1.29 is 9.47 Å². The second kappa shape index (κ2) is 6.25. The smallest absolute Gasteiger partial charge is 0.0870 e. The number of nitrogens with zero attached hydrogens (tertiary/aromatic N) is 3. The van der Waals surface area contributed by atoms with Crippen LogP contribution in [0.1, 0.15) is 12.0 Å². The molecule has 1 aromatic rings. The van der Waals surface area contributed by atoms with Gasteiger partial charge in [0, 0.05) is 11.5 Å². The van der Waals surface area contributed by atoms with Gasteiger partial charge in [0.25, 0.3) is 0 Å². The van der Waals surface area contributed by atoms with Crippen LogP contribution in [0, 0.1) is 0 Å². The zero-order valence-electron chi connectivity index (χ0n) is 9.53. The zero-order valence-corrected chi connectivity index (χ0v) is 9.53. The topological polar surface area (TPSA) is 67.2 Å². The molecule has 0 N–H and O–H groups in total. The Morgan fingerprint density at radius 2 is 2.24 bits per heavy atom. The Kier molecular flexibility index (Phi) is 4.38. The summed E-state index contributed by atoms with van der Waals surface area (Å²) in [4.78, 5) is 2.83. The van der Waals surface area contributed by atoms with E-state index >= 15 is 0 Å². The van der Waals surface area contributed by atoms with Crippen LogP contribution < -0.4 is 0 Å². The number of benzene rings is 1. The first-order valence-corrected chi connectivity index (χ1v) is 5.67. The maximum Gasteiger partial charge on any atom is 0.0870 e. The molecule has 17 heavy (non-hydrogen) atoms. The Morgan fingerprint density at radius 3 is 3.00 bits per heavy atom. The average molecular weight is 233 g/mol. The molecule has 0 radical (unpaired) electrons. The van der Waals surface area contributed by atoms with Crippen LogP contribution in [0.3, 0.4) is 0 Å². The van der Waals surface area contributed by atoms with Crippen LogP contribution in [-0.2, 0) is 16.1 Å². The lowest BCUT2D eigenvalue weighted by Crippen LogP contribution is -2.37. The minimum atomic E-state index is -0.211. The van der Waals surface area contributed by atoms with Crippen LogP contribution in [0.5, 0.6) is 0 Å². The van der Waals surface area contributed by atoms with Crippen LogP contribution in [0.25, 0.3) is 10.4 Å². The first-order valence-electron chi connectivity index (χ1n) is 5.67. The molecule has 2 atom stereocenters. The lowest BCUT2D eigenvalue weighted by Gasteiger charge is -2.28. The molecule has 5 heteroatoms. The van der Waals surface area contributed by atoms with Crippen molar-refractivity contribution >= 4 is 0 Å². The van der Waals surface area contributed by atoms with Crippen molar-refractivity contribution in [2.75, 3.05) is 13.2 Å². The summed E-state index contributed by atoms with van der Waals surface area (Å²) >= 11 is 0. The van der Waals surface area contributed by atoms with Gasteiger partial charge in [0.2, 0.25) is 0 Å². The van der Waals surface area contributed by atoms with Crippen LogP contribution in [-0.4, -0.2) is 25.4 Å². The van der Waals surface area contributed by atoms with E-state index in [-0.39, 0.29) is 12.1 Å². The largest absolute Gasteiger partial charge is 0.381 e. The van der Waals surface area contributed by atoms with Gasteiger partial charge in [-0.1, -0.05) is 35.4 Å². The van der Waals surface area contributed by atoms with Crippen molar-refractivity contribution in [1.82, 2.24) is 0 Å². The Hall–Kier alpha value is -1.55. The highest BCUT2D eigenvalue weighted by atomic mass is 16.5. The predicted octanol–water partition coefficient (Wildman–Crippen LogP) is 2.67. The van der Waals surface area contributed by atoms with E-state index in [1.165, 1.54) is 0 Å². The maximum atomic E-state index is 8.47. The molecule has 5 nitrogen and oxygen atoms in total. The molecule has 0 bridgehead atoms. The third kappa shape index (κ3) is 3.46. The summed E-state index contributed by atoms with van der Waals surface area (Å²) in [7, 11) is 0. The van der Waals surface area contributed by atoms with Gasteiger partial charge in [-0.05, 0) is 17.5 Å². The molecule has 0 aliphatic carbocycles. The summed E-state index contributed by atoms with van der Waals surface area (Å²) in [6.07, 6.45) is 0.733. The third-order valence-corrected chi connectivity index (χ3v) is 2.77. The van der Waals surface area contributed by atoms with Crippen LogP contribution >= 0.6 is 0 Å². The number of azide groups is 1. The highest BCUT2D eigenvalue weighted by Crippen LogP contribution is 2.17.